The quantitative estimate of drug-likeness (QED) is 0.333. The van der Waals surface area contributed by atoms with Crippen LogP contribution in [0.4, 0.5) is 13.2 Å². The van der Waals surface area contributed by atoms with Gasteiger partial charge in [0.15, 0.2) is 5.96 Å². The summed E-state index contributed by atoms with van der Waals surface area (Å²) in [6, 6.07) is 3.98. The fourth-order valence-electron chi connectivity index (χ4n) is 2.09. The van der Waals surface area contributed by atoms with E-state index in [1.54, 1.807) is 28.0 Å². The smallest absolute Gasteiger partial charge is 0.416 e. The number of alkyl halides is 3. The molecule has 0 saturated carbocycles. The number of hydrogen-bond donors (Lipinski definition) is 2. The Balaban J connectivity index is 0.00000676. The number of methoxy groups -OCH3 is 1. The molecule has 2 N–H and O–H groups in total. The Kier molecular flexibility index (Phi) is 10.4. The predicted octanol–water partition coefficient (Wildman–Crippen LogP) is 4.20. The van der Waals surface area contributed by atoms with Crippen molar-refractivity contribution in [2.75, 3.05) is 20.7 Å². The van der Waals surface area contributed by atoms with E-state index in [1.165, 1.54) is 12.1 Å². The Morgan fingerprint density at radius 3 is 2.30 bits per heavy atom. The number of aliphatic imine (C=N–C) groups is 1. The number of hydrogen-bond acceptors (Lipinski definition) is 3. The van der Waals surface area contributed by atoms with Gasteiger partial charge >= 0.3 is 6.18 Å². The van der Waals surface area contributed by atoms with Crippen LogP contribution in [0.2, 0.25) is 0 Å². The van der Waals surface area contributed by atoms with Gasteiger partial charge in [-0.15, -0.1) is 24.0 Å². The van der Waals surface area contributed by atoms with Crippen LogP contribution in [0.5, 0.6) is 5.75 Å². The number of halogens is 4. The van der Waals surface area contributed by atoms with Gasteiger partial charge in [-0.25, -0.2) is 0 Å². The third-order valence-electron chi connectivity index (χ3n) is 3.66. The first-order valence-electron chi connectivity index (χ1n) is 8.35. The molecular weight excluding hydrogens is 474 g/mol. The number of ether oxygens (including phenoxy) is 2. The van der Waals surface area contributed by atoms with Crippen LogP contribution in [0.3, 0.4) is 0 Å². The molecule has 5 nitrogen and oxygen atoms in total. The molecule has 0 bridgehead atoms. The van der Waals surface area contributed by atoms with Gasteiger partial charge in [0, 0.05) is 27.2 Å². The Hall–Kier alpha value is -1.23. The van der Waals surface area contributed by atoms with Gasteiger partial charge in [0.2, 0.25) is 0 Å². The topological polar surface area (TPSA) is 54.9 Å². The average molecular weight is 503 g/mol. The molecule has 0 unspecified atom stereocenters. The monoisotopic (exact) mass is 503 g/mol. The van der Waals surface area contributed by atoms with Crippen LogP contribution in [0.15, 0.2) is 23.2 Å². The van der Waals surface area contributed by atoms with E-state index in [9.17, 15) is 13.2 Å². The molecule has 1 rings (SSSR count). The third-order valence-corrected chi connectivity index (χ3v) is 3.66. The van der Waals surface area contributed by atoms with Crippen LogP contribution in [0.25, 0.3) is 0 Å². The van der Waals surface area contributed by atoms with Crippen LogP contribution in [0.1, 0.15) is 38.8 Å². The number of guanidine groups is 1. The summed E-state index contributed by atoms with van der Waals surface area (Å²) in [5.41, 5.74) is -1.04. The zero-order chi connectivity index (χ0) is 20.0. The standard InChI is InChI=1S/C18H28F3N3O2.HI/c1-12(2)26-14-8-7-13(15(9-14)18(19,20)21)10-23-16(22-5)24-11-17(3,4)25-6;/h7-9,12H,10-11H2,1-6H3,(H2,22,23,24);1H. The maximum atomic E-state index is 13.4. The number of benzene rings is 1. The first kappa shape index (κ1) is 25.8. The fraction of sp³-hybridized carbons (Fsp3) is 0.611. The van der Waals surface area contributed by atoms with Crippen molar-refractivity contribution >= 4 is 29.9 Å². The molecule has 0 heterocycles. The summed E-state index contributed by atoms with van der Waals surface area (Å²) in [6.45, 7) is 7.74. The maximum Gasteiger partial charge on any atom is 0.416 e. The maximum absolute atomic E-state index is 13.4. The summed E-state index contributed by atoms with van der Waals surface area (Å²) in [7, 11) is 3.15. The van der Waals surface area contributed by atoms with Gasteiger partial charge in [-0.1, -0.05) is 6.07 Å². The molecule has 1 aromatic carbocycles. The summed E-state index contributed by atoms with van der Waals surface area (Å²) in [5.74, 6) is 0.589. The van der Waals surface area contributed by atoms with Gasteiger partial charge in [-0.2, -0.15) is 13.2 Å². The molecule has 0 aromatic heterocycles. The Morgan fingerprint density at radius 1 is 1.19 bits per heavy atom. The predicted molar refractivity (Wildman–Crippen MR) is 112 cm³/mol. The summed E-state index contributed by atoms with van der Waals surface area (Å²) in [4.78, 5) is 4.02. The number of nitrogens with zero attached hydrogens (tertiary/aromatic N) is 1. The Labute approximate surface area is 176 Å². The van der Waals surface area contributed by atoms with E-state index in [4.69, 9.17) is 9.47 Å². The lowest BCUT2D eigenvalue weighted by Gasteiger charge is -2.24. The van der Waals surface area contributed by atoms with E-state index in [0.29, 0.717) is 12.5 Å². The molecule has 27 heavy (non-hydrogen) atoms. The fourth-order valence-corrected chi connectivity index (χ4v) is 2.09. The molecule has 0 aliphatic heterocycles. The third kappa shape index (κ3) is 9.00. The van der Waals surface area contributed by atoms with Crippen molar-refractivity contribution in [3.05, 3.63) is 29.3 Å². The highest BCUT2D eigenvalue weighted by Crippen LogP contribution is 2.34. The molecule has 1 aromatic rings. The Morgan fingerprint density at radius 2 is 1.81 bits per heavy atom. The summed E-state index contributed by atoms with van der Waals surface area (Å²) >= 11 is 0. The summed E-state index contributed by atoms with van der Waals surface area (Å²) in [5, 5.41) is 5.93. The average Bonchev–Trinajstić information content (AvgIpc) is 2.54. The minimum Gasteiger partial charge on any atom is -0.491 e. The second-order valence-electron chi connectivity index (χ2n) is 6.73. The van der Waals surface area contributed by atoms with Gasteiger partial charge in [-0.05, 0) is 45.4 Å². The number of nitrogens with one attached hydrogen (secondary N) is 2. The lowest BCUT2D eigenvalue weighted by atomic mass is 10.1. The van der Waals surface area contributed by atoms with Crippen molar-refractivity contribution in [2.24, 2.45) is 4.99 Å². The van der Waals surface area contributed by atoms with Crippen LogP contribution < -0.4 is 15.4 Å². The first-order chi connectivity index (χ1) is 12.0. The van der Waals surface area contributed by atoms with Crippen LogP contribution in [-0.2, 0) is 17.5 Å². The SMILES string of the molecule is CN=C(NCc1ccc(OC(C)C)cc1C(F)(F)F)NCC(C)(C)OC.I. The molecule has 0 radical (unpaired) electrons. The van der Waals surface area contributed by atoms with E-state index in [0.717, 1.165) is 6.07 Å². The van der Waals surface area contributed by atoms with Crippen LogP contribution in [-0.4, -0.2) is 38.4 Å². The Bertz CT molecular complexity index is 620. The summed E-state index contributed by atoms with van der Waals surface area (Å²) in [6.07, 6.45) is -4.67. The van der Waals surface area contributed by atoms with Gasteiger partial charge in [0.05, 0.1) is 17.3 Å². The molecule has 9 heteroatoms. The lowest BCUT2D eigenvalue weighted by Crippen LogP contribution is -2.45. The highest BCUT2D eigenvalue weighted by atomic mass is 127. The van der Waals surface area contributed by atoms with E-state index in [1.807, 2.05) is 13.8 Å². The second-order valence-corrected chi connectivity index (χ2v) is 6.73. The lowest BCUT2D eigenvalue weighted by molar-refractivity contribution is -0.138. The van der Waals surface area contributed by atoms with E-state index in [-0.39, 0.29) is 47.9 Å². The van der Waals surface area contributed by atoms with Gasteiger partial charge < -0.3 is 20.1 Å². The van der Waals surface area contributed by atoms with Gasteiger partial charge in [-0.3, -0.25) is 4.99 Å². The van der Waals surface area contributed by atoms with Crippen molar-refractivity contribution in [1.82, 2.24) is 10.6 Å². The van der Waals surface area contributed by atoms with Crippen LogP contribution in [0, 0.1) is 0 Å². The molecule has 0 aliphatic rings. The van der Waals surface area contributed by atoms with E-state index >= 15 is 0 Å². The molecule has 156 valence electrons. The molecule has 0 aliphatic carbocycles. The van der Waals surface area contributed by atoms with Crippen LogP contribution >= 0.6 is 24.0 Å². The van der Waals surface area contributed by atoms with Gasteiger partial charge in [0.25, 0.3) is 0 Å². The molecule has 0 fully saturated rings. The molecule has 0 atom stereocenters. The van der Waals surface area contributed by atoms with Crippen molar-refractivity contribution in [2.45, 2.75) is 52.1 Å². The largest absolute Gasteiger partial charge is 0.491 e. The van der Waals surface area contributed by atoms with Crippen molar-refractivity contribution in [1.29, 1.82) is 0 Å². The van der Waals surface area contributed by atoms with E-state index in [2.05, 4.69) is 15.6 Å². The minimum absolute atomic E-state index is 0. The zero-order valence-electron chi connectivity index (χ0n) is 16.5. The molecule has 0 amide bonds. The van der Waals surface area contributed by atoms with E-state index < -0.39 is 17.3 Å². The first-order valence-corrected chi connectivity index (χ1v) is 8.35. The highest BCUT2D eigenvalue weighted by molar-refractivity contribution is 14.0. The van der Waals surface area contributed by atoms with Gasteiger partial charge in [0.1, 0.15) is 5.75 Å². The molecular formula is C18H29F3IN3O2. The second kappa shape index (κ2) is 10.9. The van der Waals surface area contributed by atoms with Crippen molar-refractivity contribution in [3.8, 4) is 5.75 Å². The van der Waals surface area contributed by atoms with Crippen molar-refractivity contribution in [3.63, 3.8) is 0 Å². The van der Waals surface area contributed by atoms with Crippen molar-refractivity contribution < 1.29 is 22.6 Å². The highest BCUT2D eigenvalue weighted by Gasteiger charge is 2.34. The minimum atomic E-state index is -4.47. The number of rotatable bonds is 7. The molecule has 0 saturated heterocycles. The zero-order valence-corrected chi connectivity index (χ0v) is 18.9. The normalized spacial score (nSPS) is 12.6. The molecule has 0 spiro atoms. The summed E-state index contributed by atoms with van der Waals surface area (Å²) < 4.78 is 50.8.